The van der Waals surface area contributed by atoms with Crippen molar-refractivity contribution in [3.63, 3.8) is 0 Å². The molecule has 1 aliphatic rings. The molecule has 4 nitrogen and oxygen atoms in total. The van der Waals surface area contributed by atoms with E-state index < -0.39 is 10.0 Å². The summed E-state index contributed by atoms with van der Waals surface area (Å²) in [6.45, 7) is 4.67. The lowest BCUT2D eigenvalue weighted by molar-refractivity contribution is 0.402. The fourth-order valence-electron chi connectivity index (χ4n) is 2.68. The van der Waals surface area contributed by atoms with Crippen LogP contribution >= 0.6 is 15.9 Å². The molecule has 0 amide bonds. The predicted octanol–water partition coefficient (Wildman–Crippen LogP) is 2.62. The largest absolute Gasteiger partial charge is 0.326 e. The molecular weight excluding hydrogens is 340 g/mol. The van der Waals surface area contributed by atoms with Crippen LogP contribution in [0, 0.1) is 11.8 Å². The maximum atomic E-state index is 12.5. The van der Waals surface area contributed by atoms with Crippen LogP contribution < -0.4 is 10.5 Å². The Balaban J connectivity index is 2.23. The normalized spacial score (nSPS) is 26.9. The first kappa shape index (κ1) is 15.9. The fraction of sp³-hybridized carbons (Fsp3) is 0.571. The Morgan fingerprint density at radius 1 is 1.35 bits per heavy atom. The van der Waals surface area contributed by atoms with Crippen LogP contribution in [0.4, 0.5) is 0 Å². The Labute approximate surface area is 129 Å². The van der Waals surface area contributed by atoms with E-state index in [2.05, 4.69) is 34.5 Å². The van der Waals surface area contributed by atoms with Crippen LogP contribution in [0.2, 0.25) is 0 Å². The Bertz CT molecular complexity index is 589. The van der Waals surface area contributed by atoms with Crippen LogP contribution in [0.1, 0.15) is 32.3 Å². The Hall–Kier alpha value is -0.430. The molecular formula is C14H21BrN2O2S. The molecule has 2 rings (SSSR count). The second kappa shape index (κ2) is 6.13. The van der Waals surface area contributed by atoms with Gasteiger partial charge in [0.05, 0.1) is 4.90 Å². The van der Waals surface area contributed by atoms with Gasteiger partial charge in [-0.15, -0.1) is 0 Å². The van der Waals surface area contributed by atoms with E-state index in [-0.39, 0.29) is 10.9 Å². The van der Waals surface area contributed by atoms with Crippen LogP contribution in [0.5, 0.6) is 0 Å². The van der Waals surface area contributed by atoms with Crippen LogP contribution in [-0.2, 0) is 16.6 Å². The molecule has 1 aromatic carbocycles. The minimum absolute atomic E-state index is 0.0242. The molecule has 112 valence electrons. The zero-order valence-electron chi connectivity index (χ0n) is 11.8. The first-order chi connectivity index (χ1) is 9.35. The molecule has 0 radical (unpaired) electrons. The monoisotopic (exact) mass is 360 g/mol. The lowest BCUT2D eigenvalue weighted by Crippen LogP contribution is -2.37. The number of rotatable bonds is 4. The molecule has 1 aliphatic carbocycles. The molecule has 0 saturated heterocycles. The molecule has 6 heteroatoms. The third-order valence-electron chi connectivity index (χ3n) is 4.29. The topological polar surface area (TPSA) is 72.2 Å². The number of sulfonamides is 1. The van der Waals surface area contributed by atoms with Crippen LogP contribution in [-0.4, -0.2) is 14.5 Å². The molecule has 0 heterocycles. The molecule has 0 bridgehead atoms. The van der Waals surface area contributed by atoms with Crippen molar-refractivity contribution in [2.75, 3.05) is 0 Å². The van der Waals surface area contributed by atoms with Crippen LogP contribution in [0.3, 0.4) is 0 Å². The van der Waals surface area contributed by atoms with Gasteiger partial charge in [-0.2, -0.15) is 0 Å². The maximum absolute atomic E-state index is 12.5. The van der Waals surface area contributed by atoms with Crippen molar-refractivity contribution >= 4 is 26.0 Å². The van der Waals surface area contributed by atoms with Gasteiger partial charge >= 0.3 is 0 Å². The van der Waals surface area contributed by atoms with Crippen molar-refractivity contribution in [3.8, 4) is 0 Å². The van der Waals surface area contributed by atoms with Crippen LogP contribution in [0.15, 0.2) is 27.6 Å². The van der Waals surface area contributed by atoms with Gasteiger partial charge in [0.1, 0.15) is 0 Å². The van der Waals surface area contributed by atoms with E-state index in [1.54, 1.807) is 18.2 Å². The minimum atomic E-state index is -3.49. The highest BCUT2D eigenvalue weighted by atomic mass is 79.9. The van der Waals surface area contributed by atoms with Gasteiger partial charge < -0.3 is 5.73 Å². The second-order valence-electron chi connectivity index (χ2n) is 5.61. The number of hydrogen-bond donors (Lipinski definition) is 2. The first-order valence-electron chi connectivity index (χ1n) is 6.86. The van der Waals surface area contributed by atoms with Crippen molar-refractivity contribution in [2.45, 2.75) is 44.2 Å². The van der Waals surface area contributed by atoms with Gasteiger partial charge in [0, 0.05) is 17.1 Å². The smallest absolute Gasteiger partial charge is 0.241 e. The van der Waals surface area contributed by atoms with Gasteiger partial charge in [-0.25, -0.2) is 13.1 Å². The minimum Gasteiger partial charge on any atom is -0.326 e. The number of nitrogens with two attached hydrogens (primary N) is 1. The summed E-state index contributed by atoms with van der Waals surface area (Å²) in [6.07, 6.45) is 1.97. The maximum Gasteiger partial charge on any atom is 0.241 e. The quantitative estimate of drug-likeness (QED) is 0.866. The molecule has 1 aromatic rings. The lowest BCUT2D eigenvalue weighted by Gasteiger charge is -2.20. The van der Waals surface area contributed by atoms with Crippen molar-refractivity contribution in [3.05, 3.63) is 28.2 Å². The summed E-state index contributed by atoms with van der Waals surface area (Å²) in [7, 11) is -3.49. The SMILES string of the molecule is CC1CCC(NS(=O)(=O)c2ccc(CN)cc2Br)C1C. The van der Waals surface area contributed by atoms with E-state index in [9.17, 15) is 8.42 Å². The molecule has 3 N–H and O–H groups in total. The van der Waals surface area contributed by atoms with Gasteiger partial charge in [-0.3, -0.25) is 0 Å². The summed E-state index contributed by atoms with van der Waals surface area (Å²) in [5, 5.41) is 0. The summed E-state index contributed by atoms with van der Waals surface area (Å²) in [6, 6.07) is 5.14. The van der Waals surface area contributed by atoms with E-state index in [1.807, 2.05) is 0 Å². The van der Waals surface area contributed by atoms with E-state index in [0.717, 1.165) is 18.4 Å². The predicted molar refractivity (Wildman–Crippen MR) is 83.7 cm³/mol. The standard InChI is InChI=1S/C14H21BrN2O2S/c1-9-3-5-13(10(9)2)17-20(18,19)14-6-4-11(8-16)7-12(14)15/h4,6-7,9-10,13,17H,3,5,8,16H2,1-2H3. The average Bonchev–Trinajstić information content (AvgIpc) is 2.69. The zero-order valence-corrected chi connectivity index (χ0v) is 14.2. The first-order valence-corrected chi connectivity index (χ1v) is 9.13. The van der Waals surface area contributed by atoms with E-state index in [1.165, 1.54) is 0 Å². The third kappa shape index (κ3) is 3.24. The van der Waals surface area contributed by atoms with Gasteiger partial charge in [-0.1, -0.05) is 19.9 Å². The highest BCUT2D eigenvalue weighted by Gasteiger charge is 2.33. The molecule has 0 aromatic heterocycles. The van der Waals surface area contributed by atoms with E-state index in [4.69, 9.17) is 5.73 Å². The van der Waals surface area contributed by atoms with Crippen LogP contribution in [0.25, 0.3) is 0 Å². The molecule has 20 heavy (non-hydrogen) atoms. The van der Waals surface area contributed by atoms with Crippen molar-refractivity contribution < 1.29 is 8.42 Å². The van der Waals surface area contributed by atoms with Gasteiger partial charge in [0.15, 0.2) is 0 Å². The Morgan fingerprint density at radius 3 is 2.55 bits per heavy atom. The van der Waals surface area contributed by atoms with Gasteiger partial charge in [0.25, 0.3) is 0 Å². The van der Waals surface area contributed by atoms with Crippen molar-refractivity contribution in [1.82, 2.24) is 4.72 Å². The van der Waals surface area contributed by atoms with Gasteiger partial charge in [0.2, 0.25) is 10.0 Å². The molecule has 3 unspecified atom stereocenters. The highest BCUT2D eigenvalue weighted by molar-refractivity contribution is 9.10. The summed E-state index contributed by atoms with van der Waals surface area (Å²) in [5.74, 6) is 0.928. The summed E-state index contributed by atoms with van der Waals surface area (Å²) >= 11 is 3.33. The third-order valence-corrected chi connectivity index (χ3v) is 6.76. The lowest BCUT2D eigenvalue weighted by atomic mass is 9.98. The van der Waals surface area contributed by atoms with Crippen molar-refractivity contribution in [2.24, 2.45) is 17.6 Å². The summed E-state index contributed by atoms with van der Waals surface area (Å²) < 4.78 is 28.4. The second-order valence-corrected chi connectivity index (χ2v) is 8.15. The molecule has 0 aliphatic heterocycles. The van der Waals surface area contributed by atoms with Crippen molar-refractivity contribution in [1.29, 1.82) is 0 Å². The van der Waals surface area contributed by atoms with E-state index in [0.29, 0.717) is 22.9 Å². The Morgan fingerprint density at radius 2 is 2.05 bits per heavy atom. The molecule has 1 saturated carbocycles. The zero-order chi connectivity index (χ0) is 14.9. The summed E-state index contributed by atoms with van der Waals surface area (Å²) in [4.78, 5) is 0.279. The van der Waals surface area contributed by atoms with E-state index >= 15 is 0 Å². The summed E-state index contributed by atoms with van der Waals surface area (Å²) in [5.41, 5.74) is 6.46. The Kier molecular flexibility index (Phi) is 4.89. The number of benzene rings is 1. The highest BCUT2D eigenvalue weighted by Crippen LogP contribution is 2.33. The number of nitrogens with one attached hydrogen (secondary N) is 1. The average molecular weight is 361 g/mol. The molecule has 1 fully saturated rings. The number of hydrogen-bond acceptors (Lipinski definition) is 3. The number of halogens is 1. The molecule has 3 atom stereocenters. The fourth-order valence-corrected chi connectivity index (χ4v) is 5.17. The van der Waals surface area contributed by atoms with Gasteiger partial charge in [-0.05, 0) is 58.3 Å². The molecule has 0 spiro atoms.